The van der Waals surface area contributed by atoms with Gasteiger partial charge in [-0.05, 0) is 49.2 Å². The molecular formula is C21H18F2N4O2S. The third kappa shape index (κ3) is 3.88. The molecule has 30 heavy (non-hydrogen) atoms. The maximum absolute atomic E-state index is 13.6. The molecule has 0 fully saturated rings. The van der Waals surface area contributed by atoms with E-state index >= 15 is 0 Å². The minimum Gasteiger partial charge on any atom is -0.490 e. The van der Waals surface area contributed by atoms with Crippen molar-refractivity contribution in [1.82, 2.24) is 14.5 Å². The van der Waals surface area contributed by atoms with Crippen molar-refractivity contribution in [3.63, 3.8) is 0 Å². The zero-order chi connectivity index (χ0) is 21.4. The van der Waals surface area contributed by atoms with Crippen molar-refractivity contribution in [2.75, 3.05) is 12.4 Å². The van der Waals surface area contributed by atoms with Gasteiger partial charge in [0.15, 0.2) is 0 Å². The third-order valence-corrected chi connectivity index (χ3v) is 5.72. The zero-order valence-corrected chi connectivity index (χ0v) is 17.3. The van der Waals surface area contributed by atoms with Gasteiger partial charge in [0.05, 0.1) is 35.1 Å². The predicted molar refractivity (Wildman–Crippen MR) is 113 cm³/mol. The second kappa shape index (κ2) is 7.83. The summed E-state index contributed by atoms with van der Waals surface area (Å²) in [7, 11) is 1.36. The van der Waals surface area contributed by atoms with Crippen molar-refractivity contribution < 1.29 is 13.5 Å². The number of methoxy groups -OCH3 is 1. The van der Waals surface area contributed by atoms with E-state index < -0.39 is 17.2 Å². The number of halogens is 2. The van der Waals surface area contributed by atoms with E-state index in [-0.39, 0.29) is 18.2 Å². The van der Waals surface area contributed by atoms with Gasteiger partial charge in [-0.25, -0.2) is 13.8 Å². The van der Waals surface area contributed by atoms with Gasteiger partial charge in [0.1, 0.15) is 11.6 Å². The van der Waals surface area contributed by atoms with E-state index in [0.717, 1.165) is 32.5 Å². The van der Waals surface area contributed by atoms with Crippen molar-refractivity contribution in [1.29, 1.82) is 0 Å². The normalized spacial score (nSPS) is 11.1. The molecular weight excluding hydrogens is 410 g/mol. The average Bonchev–Trinajstić information content (AvgIpc) is 3.06. The van der Waals surface area contributed by atoms with Crippen molar-refractivity contribution >= 4 is 33.2 Å². The summed E-state index contributed by atoms with van der Waals surface area (Å²) in [6.45, 7) is 3.98. The topological polar surface area (TPSA) is 69.0 Å². The third-order valence-electron chi connectivity index (χ3n) is 4.62. The number of aromatic nitrogens is 3. The summed E-state index contributed by atoms with van der Waals surface area (Å²) in [4.78, 5) is 20.8. The molecule has 2 aromatic carbocycles. The number of rotatable bonds is 5. The molecule has 0 aliphatic carbocycles. The Bertz CT molecular complexity index is 1300. The molecule has 0 atom stereocenters. The molecule has 0 unspecified atom stereocenters. The molecule has 9 heteroatoms. The van der Waals surface area contributed by atoms with Crippen LogP contribution in [0.5, 0.6) is 5.75 Å². The fourth-order valence-electron chi connectivity index (χ4n) is 3.22. The number of hydrogen-bond donors (Lipinski definition) is 1. The van der Waals surface area contributed by atoms with E-state index in [0.29, 0.717) is 5.56 Å². The van der Waals surface area contributed by atoms with Gasteiger partial charge in [-0.2, -0.15) is 4.98 Å². The molecule has 2 aromatic heterocycles. The lowest BCUT2D eigenvalue weighted by Gasteiger charge is -2.16. The van der Waals surface area contributed by atoms with Crippen LogP contribution >= 0.6 is 11.3 Å². The summed E-state index contributed by atoms with van der Waals surface area (Å²) < 4.78 is 35.0. The van der Waals surface area contributed by atoms with E-state index in [1.165, 1.54) is 25.4 Å². The molecule has 0 bridgehead atoms. The fourth-order valence-corrected chi connectivity index (χ4v) is 4.14. The molecule has 0 amide bonds. The highest BCUT2D eigenvalue weighted by atomic mass is 32.1. The number of hydrogen-bond acceptors (Lipinski definition) is 6. The van der Waals surface area contributed by atoms with Gasteiger partial charge < -0.3 is 14.6 Å². The highest BCUT2D eigenvalue weighted by Gasteiger charge is 2.14. The minimum absolute atomic E-state index is 0.0303. The summed E-state index contributed by atoms with van der Waals surface area (Å²) in [5.41, 5.74) is 2.45. The van der Waals surface area contributed by atoms with Gasteiger partial charge in [0.25, 0.3) is 0 Å². The lowest BCUT2D eigenvalue weighted by Crippen LogP contribution is -2.19. The standard InChI is InChI=1S/C21H18F2N4O2S/c1-11-16(4-5-17-19(11)30-12(2)24-17)25-21-26-20(28)18(29-3)10-27(21)9-13-6-14(22)8-15(23)7-13/h4-8,10H,9H2,1-3H3,(H,25,26,28). The lowest BCUT2D eigenvalue weighted by molar-refractivity contribution is 0.402. The van der Waals surface area contributed by atoms with Gasteiger partial charge in [-0.3, -0.25) is 4.79 Å². The number of thiazole rings is 1. The number of anilines is 2. The first-order valence-electron chi connectivity index (χ1n) is 9.08. The van der Waals surface area contributed by atoms with Crippen molar-refractivity contribution in [2.24, 2.45) is 0 Å². The van der Waals surface area contributed by atoms with E-state index in [9.17, 15) is 13.6 Å². The summed E-state index contributed by atoms with van der Waals surface area (Å²) in [6, 6.07) is 7.02. The first kappa shape index (κ1) is 20.0. The van der Waals surface area contributed by atoms with Gasteiger partial charge >= 0.3 is 5.56 Å². The Morgan fingerprint density at radius 1 is 1.13 bits per heavy atom. The molecule has 1 N–H and O–H groups in total. The molecule has 6 nitrogen and oxygen atoms in total. The van der Waals surface area contributed by atoms with Gasteiger partial charge in [-0.15, -0.1) is 11.3 Å². The SMILES string of the molecule is COc1cn(Cc2cc(F)cc(F)c2)c(Nc2ccc3nc(C)sc3c2C)nc1=O. The van der Waals surface area contributed by atoms with Crippen LogP contribution in [0.15, 0.2) is 41.3 Å². The monoisotopic (exact) mass is 428 g/mol. The Morgan fingerprint density at radius 2 is 1.87 bits per heavy atom. The molecule has 0 saturated heterocycles. The maximum Gasteiger partial charge on any atom is 0.316 e. The molecule has 154 valence electrons. The van der Waals surface area contributed by atoms with Crippen LogP contribution in [0.1, 0.15) is 16.1 Å². The highest BCUT2D eigenvalue weighted by Crippen LogP contribution is 2.31. The highest BCUT2D eigenvalue weighted by molar-refractivity contribution is 7.18. The average molecular weight is 428 g/mol. The van der Waals surface area contributed by atoms with Gasteiger partial charge in [-0.1, -0.05) is 0 Å². The van der Waals surface area contributed by atoms with Crippen LogP contribution in [-0.4, -0.2) is 21.6 Å². The molecule has 0 saturated carbocycles. The fraction of sp³-hybridized carbons (Fsp3) is 0.190. The van der Waals surface area contributed by atoms with Gasteiger partial charge in [0, 0.05) is 11.8 Å². The van der Waals surface area contributed by atoms with E-state index in [1.54, 1.807) is 15.9 Å². The van der Waals surface area contributed by atoms with Crippen LogP contribution in [0.4, 0.5) is 20.4 Å². The maximum atomic E-state index is 13.6. The van der Waals surface area contributed by atoms with Gasteiger partial charge in [0.2, 0.25) is 11.7 Å². The second-order valence-electron chi connectivity index (χ2n) is 6.79. The number of nitrogens with zero attached hydrogens (tertiary/aromatic N) is 3. The molecule has 4 rings (SSSR count). The Balaban J connectivity index is 1.78. The van der Waals surface area contributed by atoms with E-state index in [4.69, 9.17) is 4.74 Å². The minimum atomic E-state index is -0.678. The van der Waals surface area contributed by atoms with Crippen molar-refractivity contribution in [3.8, 4) is 5.75 Å². The molecule has 0 radical (unpaired) electrons. The summed E-state index contributed by atoms with van der Waals surface area (Å²) in [5.74, 6) is -1.10. The summed E-state index contributed by atoms with van der Waals surface area (Å²) in [6.07, 6.45) is 1.46. The van der Waals surface area contributed by atoms with Crippen LogP contribution in [-0.2, 0) is 6.54 Å². The van der Waals surface area contributed by atoms with Crippen LogP contribution < -0.4 is 15.6 Å². The van der Waals surface area contributed by atoms with Crippen molar-refractivity contribution in [3.05, 3.63) is 74.7 Å². The smallest absolute Gasteiger partial charge is 0.316 e. The van der Waals surface area contributed by atoms with Crippen LogP contribution in [0, 0.1) is 25.5 Å². The lowest BCUT2D eigenvalue weighted by atomic mass is 10.2. The van der Waals surface area contributed by atoms with E-state index in [2.05, 4.69) is 15.3 Å². The molecule has 4 aromatic rings. The Labute approximate surface area is 174 Å². The summed E-state index contributed by atoms with van der Waals surface area (Å²) in [5, 5.41) is 4.13. The van der Waals surface area contributed by atoms with E-state index in [1.807, 2.05) is 26.0 Å². The molecule has 0 aliphatic rings. The molecule has 0 spiro atoms. The Hall–Kier alpha value is -3.33. The number of aryl methyl sites for hydroxylation is 2. The second-order valence-corrected chi connectivity index (χ2v) is 7.99. The quantitative estimate of drug-likeness (QED) is 0.505. The predicted octanol–water partition coefficient (Wildman–Crippen LogP) is 4.55. The summed E-state index contributed by atoms with van der Waals surface area (Å²) >= 11 is 1.58. The first-order chi connectivity index (χ1) is 14.3. The van der Waals surface area contributed by atoms with Crippen LogP contribution in [0.2, 0.25) is 0 Å². The number of nitrogens with one attached hydrogen (secondary N) is 1. The molecule has 2 heterocycles. The number of ether oxygens (including phenoxy) is 1. The Kier molecular flexibility index (Phi) is 5.21. The largest absolute Gasteiger partial charge is 0.490 e. The van der Waals surface area contributed by atoms with Crippen LogP contribution in [0.25, 0.3) is 10.2 Å². The first-order valence-corrected chi connectivity index (χ1v) is 9.90. The number of fused-ring (bicyclic) bond motifs is 1. The zero-order valence-electron chi connectivity index (χ0n) is 16.5. The number of benzene rings is 2. The van der Waals surface area contributed by atoms with Crippen LogP contribution in [0.3, 0.4) is 0 Å². The Morgan fingerprint density at radius 3 is 2.57 bits per heavy atom. The molecule has 0 aliphatic heterocycles. The van der Waals surface area contributed by atoms with Crippen molar-refractivity contribution in [2.45, 2.75) is 20.4 Å².